The number of ether oxygens (including phenoxy) is 1. The quantitative estimate of drug-likeness (QED) is 0.893. The summed E-state index contributed by atoms with van der Waals surface area (Å²) < 4.78 is 5.41. The summed E-state index contributed by atoms with van der Waals surface area (Å²) in [6.45, 7) is 6.47. The van der Waals surface area contributed by atoms with Crippen molar-refractivity contribution in [3.63, 3.8) is 0 Å². The zero-order valence-corrected chi connectivity index (χ0v) is 12.5. The Labute approximate surface area is 113 Å². The molecule has 1 N–H and O–H groups in total. The van der Waals surface area contributed by atoms with E-state index in [9.17, 15) is 5.11 Å². The maximum atomic E-state index is 10.2. The van der Waals surface area contributed by atoms with Crippen molar-refractivity contribution in [2.45, 2.75) is 57.7 Å². The second-order valence-electron chi connectivity index (χ2n) is 6.19. The highest BCUT2D eigenvalue weighted by Gasteiger charge is 2.36. The molecule has 0 radical (unpaired) electrons. The van der Waals surface area contributed by atoms with Crippen molar-refractivity contribution in [1.29, 1.82) is 0 Å². The maximum absolute atomic E-state index is 10.2. The van der Waals surface area contributed by atoms with Gasteiger partial charge in [-0.1, -0.05) is 20.8 Å². The van der Waals surface area contributed by atoms with Gasteiger partial charge in [0, 0.05) is 24.3 Å². The highest BCUT2D eigenvalue weighted by atomic mass is 32.1. The minimum atomic E-state index is -0.429. The lowest BCUT2D eigenvalue weighted by molar-refractivity contribution is -0.0238. The molecule has 1 aliphatic carbocycles. The minimum absolute atomic E-state index is 0.0213. The van der Waals surface area contributed by atoms with Gasteiger partial charge in [0.15, 0.2) is 0 Å². The average molecular weight is 269 g/mol. The standard InChI is InChI=1S/C14H23NO2S/c1-14(2,3)11-8-18-12(15-11)7-10(16)13(17-4)9-5-6-9/h8-10,13,16H,5-7H2,1-4H3. The summed E-state index contributed by atoms with van der Waals surface area (Å²) in [5, 5.41) is 13.3. The fraction of sp³-hybridized carbons (Fsp3) is 0.786. The minimum Gasteiger partial charge on any atom is -0.390 e. The first-order chi connectivity index (χ1) is 8.41. The van der Waals surface area contributed by atoms with Gasteiger partial charge in [-0.2, -0.15) is 0 Å². The highest BCUT2D eigenvalue weighted by molar-refractivity contribution is 7.09. The molecule has 0 amide bonds. The van der Waals surface area contributed by atoms with Crippen LogP contribution in [0.2, 0.25) is 0 Å². The second-order valence-corrected chi connectivity index (χ2v) is 7.13. The molecule has 1 aromatic heterocycles. The fourth-order valence-corrected chi connectivity index (χ4v) is 3.20. The Morgan fingerprint density at radius 1 is 1.50 bits per heavy atom. The Bertz CT molecular complexity index is 393. The summed E-state index contributed by atoms with van der Waals surface area (Å²) in [7, 11) is 1.69. The van der Waals surface area contributed by atoms with Gasteiger partial charge in [0.05, 0.1) is 22.9 Å². The van der Waals surface area contributed by atoms with E-state index >= 15 is 0 Å². The number of thiazole rings is 1. The number of aliphatic hydroxyl groups is 1. The number of aliphatic hydroxyl groups excluding tert-OH is 1. The van der Waals surface area contributed by atoms with Gasteiger partial charge in [-0.15, -0.1) is 11.3 Å². The molecule has 0 saturated heterocycles. The molecule has 0 spiro atoms. The van der Waals surface area contributed by atoms with E-state index in [2.05, 4.69) is 31.1 Å². The lowest BCUT2D eigenvalue weighted by atomic mass is 9.93. The Morgan fingerprint density at radius 2 is 2.17 bits per heavy atom. The largest absolute Gasteiger partial charge is 0.390 e. The first kappa shape index (κ1) is 14.0. The lowest BCUT2D eigenvalue weighted by Crippen LogP contribution is -2.31. The molecule has 2 unspecified atom stereocenters. The number of hydrogen-bond acceptors (Lipinski definition) is 4. The molecule has 18 heavy (non-hydrogen) atoms. The van der Waals surface area contributed by atoms with Crippen LogP contribution in [0.25, 0.3) is 0 Å². The van der Waals surface area contributed by atoms with Crippen LogP contribution in [-0.4, -0.2) is 29.4 Å². The molecule has 2 atom stereocenters. The molecule has 3 nitrogen and oxygen atoms in total. The maximum Gasteiger partial charge on any atom is 0.0955 e. The molecule has 2 rings (SSSR count). The molecule has 0 bridgehead atoms. The van der Waals surface area contributed by atoms with Crippen LogP contribution in [0.3, 0.4) is 0 Å². The van der Waals surface area contributed by atoms with E-state index in [1.54, 1.807) is 18.4 Å². The van der Waals surface area contributed by atoms with Gasteiger partial charge in [-0.25, -0.2) is 4.98 Å². The SMILES string of the molecule is COC(C(O)Cc1nc(C(C)(C)C)cs1)C1CC1. The van der Waals surface area contributed by atoms with Crippen molar-refractivity contribution in [2.75, 3.05) is 7.11 Å². The third-order valence-corrected chi connectivity index (χ3v) is 4.31. The number of aromatic nitrogens is 1. The van der Waals surface area contributed by atoms with Gasteiger partial charge < -0.3 is 9.84 Å². The molecule has 102 valence electrons. The molecular weight excluding hydrogens is 246 g/mol. The van der Waals surface area contributed by atoms with Crippen molar-refractivity contribution < 1.29 is 9.84 Å². The topological polar surface area (TPSA) is 42.4 Å². The first-order valence-electron chi connectivity index (χ1n) is 6.57. The van der Waals surface area contributed by atoms with E-state index in [1.165, 1.54) is 12.8 Å². The third-order valence-electron chi connectivity index (χ3n) is 3.44. The predicted octanol–water partition coefficient (Wildman–Crippen LogP) is 2.77. The van der Waals surface area contributed by atoms with E-state index in [-0.39, 0.29) is 11.5 Å². The molecule has 0 aromatic carbocycles. The third kappa shape index (κ3) is 3.31. The lowest BCUT2D eigenvalue weighted by Gasteiger charge is -2.20. The monoisotopic (exact) mass is 269 g/mol. The average Bonchev–Trinajstić information content (AvgIpc) is 2.97. The molecule has 4 heteroatoms. The van der Waals surface area contributed by atoms with Gasteiger partial charge in [0.2, 0.25) is 0 Å². The van der Waals surface area contributed by atoms with Crippen molar-refractivity contribution in [3.05, 3.63) is 16.1 Å². The summed E-state index contributed by atoms with van der Waals surface area (Å²) in [6, 6.07) is 0. The number of nitrogens with zero attached hydrogens (tertiary/aromatic N) is 1. The van der Waals surface area contributed by atoms with Crippen LogP contribution in [0, 0.1) is 5.92 Å². The predicted molar refractivity (Wildman–Crippen MR) is 74.0 cm³/mol. The summed E-state index contributed by atoms with van der Waals surface area (Å²) >= 11 is 1.64. The van der Waals surface area contributed by atoms with E-state index in [1.807, 2.05) is 0 Å². The summed E-state index contributed by atoms with van der Waals surface area (Å²) in [5.41, 5.74) is 1.19. The van der Waals surface area contributed by atoms with E-state index in [4.69, 9.17) is 4.74 Å². The molecule has 1 aromatic rings. The van der Waals surface area contributed by atoms with Crippen molar-refractivity contribution in [2.24, 2.45) is 5.92 Å². The Kier molecular flexibility index (Phi) is 4.09. The Hall–Kier alpha value is -0.450. The zero-order chi connectivity index (χ0) is 13.3. The molecule has 1 heterocycles. The van der Waals surface area contributed by atoms with Crippen LogP contribution in [0.15, 0.2) is 5.38 Å². The van der Waals surface area contributed by atoms with Gasteiger partial charge in [0.1, 0.15) is 0 Å². The van der Waals surface area contributed by atoms with E-state index in [0.717, 1.165) is 10.7 Å². The molecule has 1 saturated carbocycles. The van der Waals surface area contributed by atoms with Crippen molar-refractivity contribution >= 4 is 11.3 Å². The second kappa shape index (κ2) is 5.27. The molecule has 1 fully saturated rings. The van der Waals surface area contributed by atoms with Crippen LogP contribution in [0.4, 0.5) is 0 Å². The first-order valence-corrected chi connectivity index (χ1v) is 7.45. The van der Waals surface area contributed by atoms with Gasteiger partial charge in [-0.05, 0) is 18.8 Å². The van der Waals surface area contributed by atoms with E-state index in [0.29, 0.717) is 12.3 Å². The van der Waals surface area contributed by atoms with Crippen LogP contribution < -0.4 is 0 Å². The molecule has 0 aliphatic heterocycles. The zero-order valence-electron chi connectivity index (χ0n) is 11.6. The Balaban J connectivity index is 1.98. The van der Waals surface area contributed by atoms with Crippen LogP contribution >= 0.6 is 11.3 Å². The van der Waals surface area contributed by atoms with Crippen LogP contribution in [-0.2, 0) is 16.6 Å². The Morgan fingerprint density at radius 3 is 2.61 bits per heavy atom. The van der Waals surface area contributed by atoms with Gasteiger partial charge in [-0.3, -0.25) is 0 Å². The normalized spacial score (nSPS) is 19.8. The summed E-state index contributed by atoms with van der Waals surface area (Å²) in [4.78, 5) is 4.62. The van der Waals surface area contributed by atoms with Gasteiger partial charge in [0.25, 0.3) is 0 Å². The van der Waals surface area contributed by atoms with Crippen molar-refractivity contribution in [3.8, 4) is 0 Å². The molecule has 1 aliphatic rings. The van der Waals surface area contributed by atoms with E-state index < -0.39 is 6.10 Å². The van der Waals surface area contributed by atoms with Crippen LogP contribution in [0.1, 0.15) is 44.3 Å². The number of methoxy groups -OCH3 is 1. The van der Waals surface area contributed by atoms with Crippen molar-refractivity contribution in [1.82, 2.24) is 4.98 Å². The molecular formula is C14H23NO2S. The highest BCUT2D eigenvalue weighted by Crippen LogP contribution is 2.36. The fourth-order valence-electron chi connectivity index (χ4n) is 2.13. The number of hydrogen-bond donors (Lipinski definition) is 1. The van der Waals surface area contributed by atoms with Gasteiger partial charge >= 0.3 is 0 Å². The summed E-state index contributed by atoms with van der Waals surface area (Å²) in [5.74, 6) is 0.548. The number of rotatable bonds is 5. The summed E-state index contributed by atoms with van der Waals surface area (Å²) in [6.07, 6.45) is 2.52. The smallest absolute Gasteiger partial charge is 0.0955 e. The van der Waals surface area contributed by atoms with Crippen LogP contribution in [0.5, 0.6) is 0 Å².